The Bertz CT molecular complexity index is 603. The zero-order valence-corrected chi connectivity index (χ0v) is 15.0. The van der Waals surface area contributed by atoms with E-state index >= 15 is 0 Å². The Kier molecular flexibility index (Phi) is 5.74. The highest BCUT2D eigenvalue weighted by atomic mass is 16.6. The van der Waals surface area contributed by atoms with Crippen LogP contribution < -0.4 is 0 Å². The van der Waals surface area contributed by atoms with Gasteiger partial charge < -0.3 is 9.47 Å². The molecule has 25 heavy (non-hydrogen) atoms. The van der Waals surface area contributed by atoms with Crippen molar-refractivity contribution in [3.63, 3.8) is 0 Å². The third-order valence-electron chi connectivity index (χ3n) is 5.50. The van der Waals surface area contributed by atoms with Gasteiger partial charge in [0, 0.05) is 18.5 Å². The number of fused-ring (bicyclic) bond motifs is 2. The van der Waals surface area contributed by atoms with E-state index in [1.165, 1.54) is 0 Å². The smallest absolute Gasteiger partial charge is 0.338 e. The second kappa shape index (κ2) is 8.00. The number of ether oxygens (including phenoxy) is 2. The highest BCUT2D eigenvalue weighted by Crippen LogP contribution is 2.40. The van der Waals surface area contributed by atoms with Gasteiger partial charge in [0.1, 0.15) is 12.0 Å². The van der Waals surface area contributed by atoms with Gasteiger partial charge in [0.2, 0.25) is 0 Å². The van der Waals surface area contributed by atoms with Crippen molar-refractivity contribution in [1.29, 1.82) is 0 Å². The van der Waals surface area contributed by atoms with E-state index in [4.69, 9.17) is 9.47 Å². The van der Waals surface area contributed by atoms with Crippen LogP contribution in [0.15, 0.2) is 30.3 Å². The van der Waals surface area contributed by atoms with Gasteiger partial charge in [0.25, 0.3) is 0 Å². The molecule has 4 atom stereocenters. The summed E-state index contributed by atoms with van der Waals surface area (Å²) >= 11 is 0. The van der Waals surface area contributed by atoms with Gasteiger partial charge in [-0.2, -0.15) is 0 Å². The Balaban J connectivity index is 1.73. The molecule has 0 saturated carbocycles. The van der Waals surface area contributed by atoms with E-state index in [1.54, 1.807) is 12.1 Å². The van der Waals surface area contributed by atoms with E-state index < -0.39 is 12.0 Å². The third kappa shape index (κ3) is 3.87. The molecule has 3 rings (SSSR count). The summed E-state index contributed by atoms with van der Waals surface area (Å²) in [6.07, 6.45) is 4.12. The second-order valence-electron chi connectivity index (χ2n) is 7.06. The fourth-order valence-corrected chi connectivity index (χ4v) is 4.04. The maximum Gasteiger partial charge on any atom is 0.338 e. The highest BCUT2D eigenvalue weighted by Gasteiger charge is 2.51. The predicted molar refractivity (Wildman–Crippen MR) is 94.2 cm³/mol. The Morgan fingerprint density at radius 1 is 1.20 bits per heavy atom. The molecule has 1 aromatic carbocycles. The minimum Gasteiger partial charge on any atom is -0.465 e. The van der Waals surface area contributed by atoms with Crippen molar-refractivity contribution in [2.75, 3.05) is 13.7 Å². The summed E-state index contributed by atoms with van der Waals surface area (Å²) in [4.78, 5) is 27.4. The molecule has 2 aliphatic rings. The molecule has 0 amide bonds. The summed E-state index contributed by atoms with van der Waals surface area (Å²) in [5.74, 6) is -0.981. The first kappa shape index (κ1) is 17.9. The van der Waals surface area contributed by atoms with Gasteiger partial charge in [-0.15, -0.1) is 0 Å². The number of unbranched alkanes of at least 4 members (excludes halogenated alkanes) is 1. The number of carbonyl (C=O) groups is 2. The second-order valence-corrected chi connectivity index (χ2v) is 7.06. The van der Waals surface area contributed by atoms with E-state index in [2.05, 4.69) is 18.9 Å². The van der Waals surface area contributed by atoms with Crippen molar-refractivity contribution in [1.82, 2.24) is 4.90 Å². The van der Waals surface area contributed by atoms with Crippen LogP contribution in [0.25, 0.3) is 0 Å². The Morgan fingerprint density at radius 3 is 2.68 bits per heavy atom. The van der Waals surface area contributed by atoms with Crippen LogP contribution in [-0.2, 0) is 14.3 Å². The molecule has 2 heterocycles. The van der Waals surface area contributed by atoms with Crippen LogP contribution >= 0.6 is 0 Å². The van der Waals surface area contributed by atoms with Gasteiger partial charge in [-0.25, -0.2) is 4.79 Å². The number of hydrogen-bond acceptors (Lipinski definition) is 5. The van der Waals surface area contributed by atoms with Gasteiger partial charge >= 0.3 is 11.9 Å². The first-order chi connectivity index (χ1) is 12.1. The van der Waals surface area contributed by atoms with Crippen LogP contribution in [0.3, 0.4) is 0 Å². The molecule has 5 nitrogen and oxygen atoms in total. The van der Waals surface area contributed by atoms with Crippen molar-refractivity contribution in [3.8, 4) is 0 Å². The zero-order chi connectivity index (χ0) is 17.8. The minimum atomic E-state index is -0.407. The van der Waals surface area contributed by atoms with Crippen molar-refractivity contribution >= 4 is 11.9 Å². The number of esters is 2. The van der Waals surface area contributed by atoms with Crippen LogP contribution in [-0.4, -0.2) is 48.7 Å². The lowest BCUT2D eigenvalue weighted by Crippen LogP contribution is -2.53. The summed E-state index contributed by atoms with van der Waals surface area (Å²) in [7, 11) is 2.06. The zero-order valence-electron chi connectivity index (χ0n) is 15.0. The van der Waals surface area contributed by atoms with Crippen LogP contribution in [0.1, 0.15) is 49.4 Å². The third-order valence-corrected chi connectivity index (χ3v) is 5.50. The summed E-state index contributed by atoms with van der Waals surface area (Å²) in [5, 5.41) is 0. The number of benzene rings is 1. The molecule has 5 heteroatoms. The quantitative estimate of drug-likeness (QED) is 0.586. The lowest BCUT2D eigenvalue weighted by Gasteiger charge is -2.40. The van der Waals surface area contributed by atoms with Crippen LogP contribution in [0.2, 0.25) is 0 Å². The van der Waals surface area contributed by atoms with Crippen LogP contribution in [0.5, 0.6) is 0 Å². The van der Waals surface area contributed by atoms with Crippen molar-refractivity contribution in [2.24, 2.45) is 5.92 Å². The minimum absolute atomic E-state index is 0.0986. The van der Waals surface area contributed by atoms with Crippen molar-refractivity contribution in [3.05, 3.63) is 35.9 Å². The average Bonchev–Trinajstić information content (AvgIpc) is 2.86. The lowest BCUT2D eigenvalue weighted by molar-refractivity contribution is -0.159. The van der Waals surface area contributed by atoms with E-state index in [0.29, 0.717) is 24.6 Å². The molecule has 0 aromatic heterocycles. The molecule has 0 spiro atoms. The first-order valence-electron chi connectivity index (χ1n) is 9.26. The Hall–Kier alpha value is -1.88. The van der Waals surface area contributed by atoms with Gasteiger partial charge in [-0.1, -0.05) is 31.5 Å². The molecular formula is C20H27NO4. The molecule has 0 N–H and O–H groups in total. The maximum atomic E-state index is 12.7. The van der Waals surface area contributed by atoms with Gasteiger partial charge in [0.05, 0.1) is 12.2 Å². The Labute approximate surface area is 149 Å². The molecule has 2 fully saturated rings. The summed E-state index contributed by atoms with van der Waals surface area (Å²) < 4.78 is 11.3. The van der Waals surface area contributed by atoms with Gasteiger partial charge in [-0.05, 0) is 38.4 Å². The molecule has 136 valence electrons. The van der Waals surface area contributed by atoms with Gasteiger partial charge in [0.15, 0.2) is 0 Å². The van der Waals surface area contributed by atoms with Crippen molar-refractivity contribution < 1.29 is 19.1 Å². The molecule has 2 bridgehead atoms. The number of hydrogen-bond donors (Lipinski definition) is 0. The fourth-order valence-electron chi connectivity index (χ4n) is 4.04. The van der Waals surface area contributed by atoms with E-state index in [-0.39, 0.29) is 18.0 Å². The number of rotatable bonds is 6. The van der Waals surface area contributed by atoms with Crippen molar-refractivity contribution in [2.45, 2.75) is 57.2 Å². The van der Waals surface area contributed by atoms with Crippen LogP contribution in [0.4, 0.5) is 0 Å². The highest BCUT2D eigenvalue weighted by molar-refractivity contribution is 5.89. The molecule has 1 aromatic rings. The normalized spacial score (nSPS) is 28.6. The standard InChI is InChI=1S/C20H27NO4/c1-3-4-12-24-20(23)18-16-11-10-15(21(16)2)13-17(18)25-19(22)14-8-6-5-7-9-14/h5-9,15-18H,3-4,10-13H2,1-2H3/t15-,16+,17-,18+/m0/s1. The summed E-state index contributed by atoms with van der Waals surface area (Å²) in [6.45, 7) is 2.50. The van der Waals surface area contributed by atoms with Crippen LogP contribution in [0, 0.1) is 5.92 Å². The Morgan fingerprint density at radius 2 is 1.96 bits per heavy atom. The first-order valence-corrected chi connectivity index (χ1v) is 9.26. The monoisotopic (exact) mass is 345 g/mol. The summed E-state index contributed by atoms with van der Waals surface area (Å²) in [6, 6.07) is 9.43. The topological polar surface area (TPSA) is 55.8 Å². The SMILES string of the molecule is CCCCOC(=O)[C@H]1[C@@H](OC(=O)c2ccccc2)C[C@@H]2CC[C@H]1N2C. The lowest BCUT2D eigenvalue weighted by atomic mass is 9.87. The molecule has 0 unspecified atom stereocenters. The number of nitrogens with zero attached hydrogens (tertiary/aromatic N) is 1. The van der Waals surface area contributed by atoms with Gasteiger partial charge in [-0.3, -0.25) is 9.69 Å². The molecule has 2 aliphatic heterocycles. The predicted octanol–water partition coefficient (Wildman–Crippen LogP) is 3.04. The molecule has 2 saturated heterocycles. The van der Waals surface area contributed by atoms with E-state index in [0.717, 1.165) is 25.7 Å². The average molecular weight is 345 g/mol. The van der Waals surface area contributed by atoms with E-state index in [9.17, 15) is 9.59 Å². The largest absolute Gasteiger partial charge is 0.465 e. The van der Waals surface area contributed by atoms with E-state index in [1.807, 2.05) is 18.2 Å². The molecular weight excluding hydrogens is 318 g/mol. The summed E-state index contributed by atoms with van der Waals surface area (Å²) in [5.41, 5.74) is 0.520. The number of piperidine rings is 1. The molecule has 0 radical (unpaired) electrons. The maximum absolute atomic E-state index is 12.7. The fraction of sp³-hybridized carbons (Fsp3) is 0.600. The molecule has 0 aliphatic carbocycles. The number of carbonyl (C=O) groups excluding carboxylic acids is 2.